The SMILES string of the molecule is O=C(/C=C/CN1CC2CCC1CC2)N1CCc2c(sc3ncnc(Nc4ccc(F)c(Cl)c4)c23)C1. The summed E-state index contributed by atoms with van der Waals surface area (Å²) in [5.41, 5.74) is 1.84. The number of carbonyl (C=O) groups excluding carboxylic acids is 1. The molecule has 0 spiro atoms. The number of nitrogens with zero attached hydrogens (tertiary/aromatic N) is 4. The molecule has 4 aliphatic rings. The van der Waals surface area contributed by atoms with Crippen LogP contribution in [0.3, 0.4) is 0 Å². The molecule has 3 aliphatic heterocycles. The molecule has 2 aromatic heterocycles. The Bertz CT molecular complexity index is 1300. The molecule has 7 rings (SSSR count). The fourth-order valence-electron chi connectivity index (χ4n) is 5.71. The molecule has 1 amide bonds. The summed E-state index contributed by atoms with van der Waals surface area (Å²) in [6.07, 6.45) is 11.4. The van der Waals surface area contributed by atoms with Crippen LogP contribution in [-0.4, -0.2) is 51.4 Å². The van der Waals surface area contributed by atoms with Gasteiger partial charge in [0.05, 0.1) is 17.0 Å². The molecule has 3 aromatic rings. The van der Waals surface area contributed by atoms with Gasteiger partial charge in [0.15, 0.2) is 0 Å². The third-order valence-corrected chi connectivity index (χ3v) is 8.97. The van der Waals surface area contributed by atoms with Crippen LogP contribution in [0.5, 0.6) is 0 Å². The number of thiophene rings is 1. The molecule has 5 heterocycles. The van der Waals surface area contributed by atoms with Crippen LogP contribution in [0.15, 0.2) is 36.7 Å². The van der Waals surface area contributed by atoms with Crippen molar-refractivity contribution in [2.75, 3.05) is 25.0 Å². The Labute approximate surface area is 212 Å². The van der Waals surface area contributed by atoms with Gasteiger partial charge in [0, 0.05) is 42.3 Å². The largest absolute Gasteiger partial charge is 0.340 e. The Morgan fingerprint density at radius 1 is 1.26 bits per heavy atom. The van der Waals surface area contributed by atoms with Gasteiger partial charge in [-0.3, -0.25) is 9.69 Å². The van der Waals surface area contributed by atoms with Crippen molar-refractivity contribution in [2.24, 2.45) is 5.92 Å². The molecular weight excluding hydrogens is 485 g/mol. The number of benzene rings is 1. The Morgan fingerprint density at radius 3 is 2.89 bits per heavy atom. The minimum atomic E-state index is -0.458. The summed E-state index contributed by atoms with van der Waals surface area (Å²) in [6, 6.07) is 5.21. The lowest BCUT2D eigenvalue weighted by molar-refractivity contribution is -0.126. The zero-order valence-electron chi connectivity index (χ0n) is 19.3. The van der Waals surface area contributed by atoms with Crippen LogP contribution in [0.1, 0.15) is 36.1 Å². The average Bonchev–Trinajstić information content (AvgIpc) is 3.26. The van der Waals surface area contributed by atoms with Crippen LogP contribution in [0.4, 0.5) is 15.9 Å². The van der Waals surface area contributed by atoms with E-state index in [1.54, 1.807) is 29.5 Å². The van der Waals surface area contributed by atoms with Crippen molar-refractivity contribution in [3.63, 3.8) is 0 Å². The van der Waals surface area contributed by atoms with E-state index in [9.17, 15) is 9.18 Å². The number of hydrogen-bond donors (Lipinski definition) is 1. The fraction of sp³-hybridized carbons (Fsp3) is 0.423. The highest BCUT2D eigenvalue weighted by Crippen LogP contribution is 2.38. The van der Waals surface area contributed by atoms with Gasteiger partial charge >= 0.3 is 0 Å². The highest BCUT2D eigenvalue weighted by Gasteiger charge is 2.33. The average molecular weight is 512 g/mol. The smallest absolute Gasteiger partial charge is 0.246 e. The number of halogens is 2. The van der Waals surface area contributed by atoms with Gasteiger partial charge in [-0.05, 0) is 61.8 Å². The molecule has 182 valence electrons. The van der Waals surface area contributed by atoms with Crippen LogP contribution in [-0.2, 0) is 17.8 Å². The quantitative estimate of drug-likeness (QED) is 0.455. The predicted octanol–water partition coefficient (Wildman–Crippen LogP) is 5.54. The Balaban J connectivity index is 1.16. The lowest BCUT2D eigenvalue weighted by Gasteiger charge is -2.45. The summed E-state index contributed by atoms with van der Waals surface area (Å²) < 4.78 is 13.6. The highest BCUT2D eigenvalue weighted by molar-refractivity contribution is 7.19. The number of anilines is 2. The molecule has 1 N–H and O–H groups in total. The van der Waals surface area contributed by atoms with Crippen molar-refractivity contribution >= 4 is 50.6 Å². The second kappa shape index (κ2) is 9.48. The topological polar surface area (TPSA) is 61.4 Å². The Kier molecular flexibility index (Phi) is 6.20. The van der Waals surface area contributed by atoms with Crippen molar-refractivity contribution in [3.8, 4) is 0 Å². The summed E-state index contributed by atoms with van der Waals surface area (Å²) in [7, 11) is 0. The van der Waals surface area contributed by atoms with Gasteiger partial charge < -0.3 is 10.2 Å². The van der Waals surface area contributed by atoms with Gasteiger partial charge in [0.25, 0.3) is 0 Å². The fourth-order valence-corrected chi connectivity index (χ4v) is 7.10. The van der Waals surface area contributed by atoms with Crippen molar-refractivity contribution in [1.29, 1.82) is 0 Å². The van der Waals surface area contributed by atoms with Gasteiger partial charge in [-0.2, -0.15) is 0 Å². The van der Waals surface area contributed by atoms with Gasteiger partial charge in [-0.15, -0.1) is 11.3 Å². The lowest BCUT2D eigenvalue weighted by atomic mass is 9.80. The number of amides is 1. The van der Waals surface area contributed by atoms with Crippen LogP contribution >= 0.6 is 22.9 Å². The number of fused-ring (bicyclic) bond motifs is 6. The van der Waals surface area contributed by atoms with E-state index in [0.29, 0.717) is 30.6 Å². The molecule has 1 aliphatic carbocycles. The van der Waals surface area contributed by atoms with Crippen LogP contribution in [0.2, 0.25) is 5.02 Å². The first-order valence-electron chi connectivity index (χ1n) is 12.2. The van der Waals surface area contributed by atoms with Crippen molar-refractivity contribution in [3.05, 3.63) is 58.0 Å². The van der Waals surface area contributed by atoms with E-state index < -0.39 is 5.82 Å². The number of carbonyl (C=O) groups is 1. The molecule has 0 atom stereocenters. The first-order chi connectivity index (χ1) is 17.0. The zero-order chi connectivity index (χ0) is 23.9. The number of rotatable bonds is 5. The van der Waals surface area contributed by atoms with E-state index in [4.69, 9.17) is 11.6 Å². The summed E-state index contributed by atoms with van der Waals surface area (Å²) in [4.78, 5) is 28.3. The van der Waals surface area contributed by atoms with Crippen LogP contribution in [0, 0.1) is 11.7 Å². The maximum atomic E-state index is 13.6. The summed E-state index contributed by atoms with van der Waals surface area (Å²) in [5, 5.41) is 4.29. The normalized spacial score (nSPS) is 22.2. The molecule has 2 saturated heterocycles. The number of hydrogen-bond acceptors (Lipinski definition) is 6. The second-order valence-electron chi connectivity index (χ2n) is 9.70. The van der Waals surface area contributed by atoms with E-state index in [2.05, 4.69) is 20.2 Å². The maximum absolute atomic E-state index is 13.6. The highest BCUT2D eigenvalue weighted by atomic mass is 35.5. The Morgan fingerprint density at radius 2 is 2.11 bits per heavy atom. The van der Waals surface area contributed by atoms with Gasteiger partial charge in [-0.25, -0.2) is 14.4 Å². The summed E-state index contributed by atoms with van der Waals surface area (Å²) >= 11 is 7.55. The van der Waals surface area contributed by atoms with Gasteiger partial charge in [0.1, 0.15) is 22.8 Å². The third kappa shape index (κ3) is 4.55. The predicted molar refractivity (Wildman–Crippen MR) is 138 cm³/mol. The Hall–Kier alpha value is -2.55. The monoisotopic (exact) mass is 511 g/mol. The molecule has 3 fully saturated rings. The maximum Gasteiger partial charge on any atom is 0.246 e. The standard InChI is InChI=1S/C26H27ClFN5OS/c27-20-12-17(5-8-21(20)28)31-25-24-19-9-11-33(14-22(19)35-26(24)30-15-29-25)23(34)2-1-10-32-13-16-3-6-18(32)7-4-16/h1-2,5,8,12,15-16,18H,3-4,6-7,9-11,13-14H2,(H,29,30,31)/b2-1+. The van der Waals surface area contributed by atoms with E-state index in [0.717, 1.165) is 34.0 Å². The number of piperidine rings is 2. The minimum absolute atomic E-state index is 0.0580. The first kappa shape index (κ1) is 22.9. The van der Waals surface area contributed by atoms with Crippen molar-refractivity contribution in [1.82, 2.24) is 19.8 Å². The molecule has 0 radical (unpaired) electrons. The van der Waals surface area contributed by atoms with Crippen LogP contribution < -0.4 is 5.32 Å². The summed E-state index contributed by atoms with van der Waals surface area (Å²) in [5.74, 6) is 1.13. The molecule has 1 saturated carbocycles. The molecule has 2 bridgehead atoms. The molecule has 0 unspecified atom stereocenters. The number of nitrogens with one attached hydrogen (secondary N) is 1. The van der Waals surface area contributed by atoms with E-state index in [-0.39, 0.29) is 10.9 Å². The van der Waals surface area contributed by atoms with Crippen LogP contribution in [0.25, 0.3) is 10.2 Å². The number of aromatic nitrogens is 2. The molecule has 9 heteroatoms. The zero-order valence-corrected chi connectivity index (χ0v) is 20.9. The van der Waals surface area contributed by atoms with Gasteiger partial charge in [0.2, 0.25) is 5.91 Å². The molecule has 1 aromatic carbocycles. The molecule has 6 nitrogen and oxygen atoms in total. The van der Waals surface area contributed by atoms with E-state index >= 15 is 0 Å². The van der Waals surface area contributed by atoms with Crippen molar-refractivity contribution in [2.45, 2.75) is 44.7 Å². The third-order valence-electron chi connectivity index (χ3n) is 7.56. The van der Waals surface area contributed by atoms with E-state index in [1.165, 1.54) is 50.2 Å². The van der Waals surface area contributed by atoms with Gasteiger partial charge in [-0.1, -0.05) is 17.7 Å². The second-order valence-corrected chi connectivity index (χ2v) is 11.2. The first-order valence-corrected chi connectivity index (χ1v) is 13.4. The molecule has 35 heavy (non-hydrogen) atoms. The van der Waals surface area contributed by atoms with E-state index in [1.807, 2.05) is 11.0 Å². The van der Waals surface area contributed by atoms with Crippen molar-refractivity contribution < 1.29 is 9.18 Å². The lowest BCUT2D eigenvalue weighted by Crippen LogP contribution is -2.47. The minimum Gasteiger partial charge on any atom is -0.340 e. The molecular formula is C26H27ClFN5OS. The summed E-state index contributed by atoms with van der Waals surface area (Å²) in [6.45, 7) is 3.29.